The molecule has 0 unspecified atom stereocenters. The van der Waals surface area contributed by atoms with Crippen molar-refractivity contribution in [2.24, 2.45) is 0 Å². The molecule has 0 saturated heterocycles. The molecule has 7 rings (SSSR count). The van der Waals surface area contributed by atoms with E-state index in [4.69, 9.17) is 4.42 Å². The summed E-state index contributed by atoms with van der Waals surface area (Å²) in [6.45, 7) is 4.09. The molecule has 6 heteroatoms. The predicted molar refractivity (Wildman–Crippen MR) is 147 cm³/mol. The molecule has 0 saturated carbocycles. The Morgan fingerprint density at radius 2 is 1.70 bits per heavy atom. The minimum Gasteiger partial charge on any atom is -0.486 e. The summed E-state index contributed by atoms with van der Waals surface area (Å²) in [5, 5.41) is 5.42. The zero-order valence-electron chi connectivity index (χ0n) is 20.2. The third-order valence-corrected chi connectivity index (χ3v) is 7.06. The second-order valence-corrected chi connectivity index (χ2v) is 9.36. The standard InChI is InChI=1S/C20H13N2OS.C11H8N.Ir/c1-11-10-24-16-8-9-21-18(17(11)16)15-5-3-4-13-14-7-6-12(2)22-20(14)23-19(13)15;1-2-6-10(7-3-1)11-8-4-5-9-12-11;/h3-4,6-10H,1-2H3;1-6,8-9H;/q2*-1;. The Morgan fingerprint density at radius 3 is 2.51 bits per heavy atom. The molecule has 0 amide bonds. The van der Waals surface area contributed by atoms with Gasteiger partial charge in [0, 0.05) is 54.0 Å². The van der Waals surface area contributed by atoms with Gasteiger partial charge in [-0.3, -0.25) is 0 Å². The molecule has 0 spiro atoms. The molecule has 2 aromatic carbocycles. The van der Waals surface area contributed by atoms with Gasteiger partial charge in [0.25, 0.3) is 0 Å². The van der Waals surface area contributed by atoms with Crippen LogP contribution in [0.1, 0.15) is 11.3 Å². The number of benzene rings is 2. The number of hydrogen-bond acceptors (Lipinski definition) is 5. The number of nitrogens with zero attached hydrogens (tertiary/aromatic N) is 3. The number of aromatic nitrogens is 3. The Labute approximate surface area is 232 Å². The van der Waals surface area contributed by atoms with Crippen molar-refractivity contribution >= 4 is 43.5 Å². The summed E-state index contributed by atoms with van der Waals surface area (Å²) in [6, 6.07) is 30.3. The summed E-state index contributed by atoms with van der Waals surface area (Å²) < 4.78 is 7.33. The van der Waals surface area contributed by atoms with Crippen molar-refractivity contribution in [1.82, 2.24) is 15.0 Å². The fraction of sp³-hybridized carbons (Fsp3) is 0.0645. The van der Waals surface area contributed by atoms with Crippen LogP contribution in [0.15, 0.2) is 95.0 Å². The largest absolute Gasteiger partial charge is 0.486 e. The van der Waals surface area contributed by atoms with Crippen molar-refractivity contribution in [1.29, 1.82) is 0 Å². The first kappa shape index (κ1) is 25.0. The van der Waals surface area contributed by atoms with E-state index in [2.05, 4.69) is 51.5 Å². The normalized spacial score (nSPS) is 10.8. The molecule has 0 bridgehead atoms. The summed E-state index contributed by atoms with van der Waals surface area (Å²) in [5.74, 6) is 0. The molecule has 5 heterocycles. The number of rotatable bonds is 2. The molecule has 0 aliphatic carbocycles. The van der Waals surface area contributed by atoms with Gasteiger partial charge >= 0.3 is 0 Å². The van der Waals surface area contributed by atoms with Crippen LogP contribution in [0.5, 0.6) is 0 Å². The zero-order valence-corrected chi connectivity index (χ0v) is 23.4. The number of aryl methyl sites for hydroxylation is 2. The van der Waals surface area contributed by atoms with Crippen LogP contribution < -0.4 is 0 Å². The van der Waals surface area contributed by atoms with Gasteiger partial charge in [-0.1, -0.05) is 23.1 Å². The van der Waals surface area contributed by atoms with Crippen LogP contribution in [-0.4, -0.2) is 15.0 Å². The topological polar surface area (TPSA) is 51.8 Å². The van der Waals surface area contributed by atoms with Crippen LogP contribution in [0, 0.1) is 26.0 Å². The average Bonchev–Trinajstić information content (AvgIpc) is 3.50. The van der Waals surface area contributed by atoms with Crippen LogP contribution in [-0.2, 0) is 20.1 Å². The predicted octanol–water partition coefficient (Wildman–Crippen LogP) is 8.22. The average molecular weight is 676 g/mol. The third kappa shape index (κ3) is 4.84. The van der Waals surface area contributed by atoms with Crippen molar-refractivity contribution in [2.75, 3.05) is 0 Å². The van der Waals surface area contributed by atoms with E-state index >= 15 is 0 Å². The molecule has 0 aliphatic rings. The van der Waals surface area contributed by atoms with Gasteiger partial charge in [-0.25, -0.2) is 4.98 Å². The van der Waals surface area contributed by atoms with Gasteiger partial charge in [0.1, 0.15) is 0 Å². The molecule has 7 aromatic rings. The molecule has 0 N–H and O–H groups in total. The fourth-order valence-corrected chi connectivity index (χ4v) is 5.23. The van der Waals surface area contributed by atoms with Crippen molar-refractivity contribution in [3.05, 3.63) is 114 Å². The van der Waals surface area contributed by atoms with Crippen molar-refractivity contribution in [2.45, 2.75) is 13.8 Å². The van der Waals surface area contributed by atoms with Gasteiger partial charge in [-0.15, -0.1) is 65.4 Å². The molecular formula is C31H21IrN3OS-2. The summed E-state index contributed by atoms with van der Waals surface area (Å²) in [4.78, 5) is 13.4. The van der Waals surface area contributed by atoms with Crippen LogP contribution in [0.4, 0.5) is 0 Å². The SMILES string of the molecule is Cc1ccc2c(n1)oc1c(-c3nccc4scc(C)c34)[c-]ccc12.[Ir].[c-]1ccccc1-c1ccccn1. The summed E-state index contributed by atoms with van der Waals surface area (Å²) in [6.07, 6.45) is 3.64. The first-order chi connectivity index (χ1) is 17.7. The molecule has 0 atom stereocenters. The summed E-state index contributed by atoms with van der Waals surface area (Å²) in [7, 11) is 0. The number of fused-ring (bicyclic) bond motifs is 4. The number of pyridine rings is 3. The van der Waals surface area contributed by atoms with E-state index < -0.39 is 0 Å². The van der Waals surface area contributed by atoms with E-state index in [1.807, 2.05) is 73.8 Å². The second kappa shape index (κ2) is 10.7. The number of thiophene rings is 1. The number of hydrogen-bond donors (Lipinski definition) is 0. The Bertz CT molecular complexity index is 1770. The van der Waals surface area contributed by atoms with Gasteiger partial charge in [0.2, 0.25) is 5.71 Å². The van der Waals surface area contributed by atoms with Gasteiger partial charge < -0.3 is 14.4 Å². The smallest absolute Gasteiger partial charge is 0.216 e. The van der Waals surface area contributed by atoms with Crippen molar-refractivity contribution < 1.29 is 24.5 Å². The van der Waals surface area contributed by atoms with E-state index in [1.54, 1.807) is 17.5 Å². The molecule has 0 fully saturated rings. The molecule has 183 valence electrons. The maximum Gasteiger partial charge on any atom is 0.216 e. The van der Waals surface area contributed by atoms with Crippen molar-refractivity contribution in [3.8, 4) is 22.5 Å². The Balaban J connectivity index is 0.000000183. The number of furan rings is 1. The molecule has 1 radical (unpaired) electrons. The molecule has 4 nitrogen and oxygen atoms in total. The van der Waals surface area contributed by atoms with Gasteiger partial charge in [-0.05, 0) is 60.1 Å². The monoisotopic (exact) mass is 676 g/mol. The van der Waals surface area contributed by atoms with Gasteiger partial charge in [0.15, 0.2) is 0 Å². The molecule has 5 aromatic heterocycles. The summed E-state index contributed by atoms with van der Waals surface area (Å²) >= 11 is 1.74. The van der Waals surface area contributed by atoms with Crippen LogP contribution in [0.3, 0.4) is 0 Å². The van der Waals surface area contributed by atoms with E-state index in [0.29, 0.717) is 5.71 Å². The summed E-state index contributed by atoms with van der Waals surface area (Å²) in [5.41, 5.74) is 7.48. The minimum atomic E-state index is 0. The maximum absolute atomic E-state index is 6.11. The van der Waals surface area contributed by atoms with E-state index in [0.717, 1.165) is 44.6 Å². The second-order valence-electron chi connectivity index (χ2n) is 8.45. The quantitative estimate of drug-likeness (QED) is 0.173. The van der Waals surface area contributed by atoms with Crippen LogP contribution in [0.2, 0.25) is 0 Å². The Kier molecular flexibility index (Phi) is 7.24. The zero-order chi connectivity index (χ0) is 24.5. The first-order valence-corrected chi connectivity index (χ1v) is 12.5. The Morgan fingerprint density at radius 1 is 0.811 bits per heavy atom. The first-order valence-electron chi connectivity index (χ1n) is 11.6. The fourth-order valence-electron chi connectivity index (χ4n) is 4.29. The Hall–Kier alpha value is -3.70. The minimum absolute atomic E-state index is 0. The maximum atomic E-state index is 6.11. The van der Waals surface area contributed by atoms with Gasteiger partial charge in [-0.2, -0.15) is 0 Å². The van der Waals surface area contributed by atoms with E-state index in [1.165, 1.54) is 15.6 Å². The third-order valence-electron chi connectivity index (χ3n) is 5.99. The van der Waals surface area contributed by atoms with Crippen LogP contribution in [0.25, 0.3) is 54.7 Å². The van der Waals surface area contributed by atoms with E-state index in [-0.39, 0.29) is 20.1 Å². The van der Waals surface area contributed by atoms with Gasteiger partial charge in [0.05, 0.1) is 5.58 Å². The van der Waals surface area contributed by atoms with E-state index in [9.17, 15) is 0 Å². The van der Waals surface area contributed by atoms with Crippen molar-refractivity contribution in [3.63, 3.8) is 0 Å². The molecule has 37 heavy (non-hydrogen) atoms. The molecular weight excluding hydrogens is 655 g/mol. The molecule has 0 aliphatic heterocycles. The van der Waals surface area contributed by atoms with Crippen LogP contribution >= 0.6 is 11.3 Å².